The molecule has 0 aromatic heterocycles. The summed E-state index contributed by atoms with van der Waals surface area (Å²) in [6.45, 7) is 1.47. The van der Waals surface area contributed by atoms with Gasteiger partial charge in [-0.25, -0.2) is 4.79 Å². The molecule has 0 aliphatic heterocycles. The fourth-order valence-electron chi connectivity index (χ4n) is 2.64. The third-order valence-corrected chi connectivity index (χ3v) is 4.04. The lowest BCUT2D eigenvalue weighted by Crippen LogP contribution is -2.52. The Morgan fingerprint density at radius 2 is 1.87 bits per heavy atom. The van der Waals surface area contributed by atoms with Crippen molar-refractivity contribution in [3.8, 4) is 11.8 Å². The zero-order valence-electron chi connectivity index (χ0n) is 13.0. The number of rotatable bonds is 4. The van der Waals surface area contributed by atoms with Crippen molar-refractivity contribution in [1.29, 1.82) is 5.26 Å². The van der Waals surface area contributed by atoms with Crippen molar-refractivity contribution in [2.75, 3.05) is 0 Å². The number of esters is 1. The number of amides is 1. The lowest BCUT2D eigenvalue weighted by molar-refractivity contribution is -0.130. The average molecular weight is 316 g/mol. The van der Waals surface area contributed by atoms with Crippen molar-refractivity contribution in [2.24, 2.45) is 0 Å². The molecule has 6 heteroatoms. The summed E-state index contributed by atoms with van der Waals surface area (Å²) in [6.07, 6.45) is 3.10. The first-order valence-corrected chi connectivity index (χ1v) is 7.69. The molecule has 1 saturated carbocycles. The maximum Gasteiger partial charge on any atom is 0.338 e. The van der Waals surface area contributed by atoms with Crippen LogP contribution in [0.2, 0.25) is 0 Å². The summed E-state index contributed by atoms with van der Waals surface area (Å²) >= 11 is 0. The summed E-state index contributed by atoms with van der Waals surface area (Å²) in [7, 11) is 0. The number of aromatic hydroxyl groups is 1. The summed E-state index contributed by atoms with van der Waals surface area (Å²) in [5, 5.41) is 21.3. The van der Waals surface area contributed by atoms with Crippen molar-refractivity contribution in [3.05, 3.63) is 29.8 Å². The van der Waals surface area contributed by atoms with Crippen LogP contribution in [0, 0.1) is 11.3 Å². The monoisotopic (exact) mass is 316 g/mol. The van der Waals surface area contributed by atoms with Crippen LogP contribution in [0.1, 0.15) is 49.4 Å². The van der Waals surface area contributed by atoms with E-state index in [0.29, 0.717) is 12.8 Å². The molecule has 2 rings (SSSR count). The van der Waals surface area contributed by atoms with Gasteiger partial charge in [-0.2, -0.15) is 5.26 Å². The highest BCUT2D eigenvalue weighted by Crippen LogP contribution is 2.27. The number of phenolic OH excluding ortho intramolecular Hbond substituents is 1. The van der Waals surface area contributed by atoms with Crippen molar-refractivity contribution < 1.29 is 19.4 Å². The number of carbonyl (C=O) groups is 2. The molecule has 1 fully saturated rings. The van der Waals surface area contributed by atoms with E-state index in [-0.39, 0.29) is 11.3 Å². The van der Waals surface area contributed by atoms with E-state index in [2.05, 4.69) is 11.4 Å². The molecule has 0 bridgehead atoms. The largest absolute Gasteiger partial charge is 0.508 e. The van der Waals surface area contributed by atoms with Gasteiger partial charge in [0.05, 0.1) is 11.6 Å². The van der Waals surface area contributed by atoms with Crippen LogP contribution in [-0.2, 0) is 9.53 Å². The molecule has 1 aromatic carbocycles. The molecule has 0 heterocycles. The van der Waals surface area contributed by atoms with Crippen molar-refractivity contribution in [3.63, 3.8) is 0 Å². The Morgan fingerprint density at radius 1 is 1.26 bits per heavy atom. The first-order valence-electron chi connectivity index (χ1n) is 7.69. The highest BCUT2D eigenvalue weighted by atomic mass is 16.5. The molecule has 122 valence electrons. The zero-order chi connectivity index (χ0) is 16.9. The number of phenols is 1. The predicted octanol–water partition coefficient (Wildman–Crippen LogP) is 2.28. The topological polar surface area (TPSA) is 99.4 Å². The van der Waals surface area contributed by atoms with Crippen molar-refractivity contribution in [2.45, 2.75) is 50.7 Å². The van der Waals surface area contributed by atoms with E-state index in [0.717, 1.165) is 19.3 Å². The normalized spacial score (nSPS) is 17.6. The minimum Gasteiger partial charge on any atom is -0.508 e. The standard InChI is InChI=1S/C17H20N2O4/c1-12(23-16(22)13-5-7-14(20)8-6-13)15(21)19-17(11-18)9-3-2-4-10-17/h5-8,12,20H,2-4,9-10H2,1H3,(H,19,21)/t12-/m1/s1. The molecule has 1 aliphatic rings. The number of hydrogen-bond donors (Lipinski definition) is 2. The number of nitrogens with zero attached hydrogens (tertiary/aromatic N) is 1. The van der Waals surface area contributed by atoms with Crippen molar-refractivity contribution >= 4 is 11.9 Å². The number of ether oxygens (including phenoxy) is 1. The number of benzene rings is 1. The van der Waals surface area contributed by atoms with Crippen molar-refractivity contribution in [1.82, 2.24) is 5.32 Å². The molecular weight excluding hydrogens is 296 g/mol. The SMILES string of the molecule is C[C@@H](OC(=O)c1ccc(O)cc1)C(=O)NC1(C#N)CCCCC1. The smallest absolute Gasteiger partial charge is 0.338 e. The lowest BCUT2D eigenvalue weighted by atomic mass is 9.83. The Balaban J connectivity index is 1.95. The van der Waals surface area contributed by atoms with E-state index in [4.69, 9.17) is 4.74 Å². The van der Waals surface area contributed by atoms with Gasteiger partial charge in [-0.1, -0.05) is 19.3 Å². The van der Waals surface area contributed by atoms with E-state index in [1.807, 2.05) is 0 Å². The van der Waals surface area contributed by atoms with E-state index in [1.165, 1.54) is 31.2 Å². The molecule has 0 spiro atoms. The highest BCUT2D eigenvalue weighted by Gasteiger charge is 2.35. The molecule has 2 N–H and O–H groups in total. The van der Waals surface area contributed by atoms with Gasteiger partial charge in [0.15, 0.2) is 6.10 Å². The van der Waals surface area contributed by atoms with Crippen LogP contribution in [0.4, 0.5) is 0 Å². The van der Waals surface area contributed by atoms with Gasteiger partial charge in [0.25, 0.3) is 5.91 Å². The fourth-order valence-corrected chi connectivity index (χ4v) is 2.64. The Morgan fingerprint density at radius 3 is 2.43 bits per heavy atom. The summed E-state index contributed by atoms with van der Waals surface area (Å²) in [6, 6.07) is 7.77. The Labute approximate surface area is 135 Å². The Bertz CT molecular complexity index is 612. The third kappa shape index (κ3) is 4.22. The summed E-state index contributed by atoms with van der Waals surface area (Å²) in [5.41, 5.74) is -0.607. The Hall–Kier alpha value is -2.55. The zero-order valence-corrected chi connectivity index (χ0v) is 13.0. The van der Waals surface area contributed by atoms with Crippen LogP contribution in [-0.4, -0.2) is 28.6 Å². The molecule has 1 aliphatic carbocycles. The Kier molecular flexibility index (Phi) is 5.22. The maximum atomic E-state index is 12.2. The van der Waals surface area contributed by atoms with Crippen LogP contribution in [0.15, 0.2) is 24.3 Å². The van der Waals surface area contributed by atoms with Gasteiger partial charge >= 0.3 is 5.97 Å². The van der Waals surface area contributed by atoms with Gasteiger partial charge in [-0.3, -0.25) is 4.79 Å². The average Bonchev–Trinajstić information content (AvgIpc) is 2.56. The molecular formula is C17H20N2O4. The molecule has 23 heavy (non-hydrogen) atoms. The quantitative estimate of drug-likeness (QED) is 0.830. The lowest BCUT2D eigenvalue weighted by Gasteiger charge is -2.32. The molecule has 0 unspecified atom stereocenters. The summed E-state index contributed by atoms with van der Waals surface area (Å²) in [5.74, 6) is -1.08. The minimum atomic E-state index is -0.997. The summed E-state index contributed by atoms with van der Waals surface area (Å²) < 4.78 is 5.13. The van der Waals surface area contributed by atoms with E-state index < -0.39 is 23.5 Å². The van der Waals surface area contributed by atoms with Gasteiger partial charge in [0.2, 0.25) is 0 Å². The maximum absolute atomic E-state index is 12.2. The first-order chi connectivity index (χ1) is 11.0. The molecule has 0 radical (unpaired) electrons. The van der Waals surface area contributed by atoms with Crippen LogP contribution in [0.5, 0.6) is 5.75 Å². The van der Waals surface area contributed by atoms with Gasteiger partial charge in [-0.15, -0.1) is 0 Å². The number of hydrogen-bond acceptors (Lipinski definition) is 5. The second-order valence-corrected chi connectivity index (χ2v) is 5.84. The van der Waals surface area contributed by atoms with Crippen LogP contribution in [0.25, 0.3) is 0 Å². The molecule has 0 saturated heterocycles. The van der Waals surface area contributed by atoms with E-state index in [9.17, 15) is 20.0 Å². The second kappa shape index (κ2) is 7.14. The first kappa shape index (κ1) is 16.8. The van der Waals surface area contributed by atoms with Crippen LogP contribution in [0.3, 0.4) is 0 Å². The van der Waals surface area contributed by atoms with Crippen LogP contribution >= 0.6 is 0 Å². The fraction of sp³-hybridized carbons (Fsp3) is 0.471. The van der Waals surface area contributed by atoms with E-state index >= 15 is 0 Å². The molecule has 1 amide bonds. The van der Waals surface area contributed by atoms with Gasteiger partial charge in [-0.05, 0) is 44.0 Å². The number of carbonyl (C=O) groups excluding carboxylic acids is 2. The third-order valence-electron chi connectivity index (χ3n) is 4.04. The van der Waals surface area contributed by atoms with Gasteiger partial charge in [0, 0.05) is 0 Å². The van der Waals surface area contributed by atoms with Gasteiger partial charge < -0.3 is 15.2 Å². The minimum absolute atomic E-state index is 0.0422. The summed E-state index contributed by atoms with van der Waals surface area (Å²) in [4.78, 5) is 24.2. The molecule has 6 nitrogen and oxygen atoms in total. The predicted molar refractivity (Wildman–Crippen MR) is 82.6 cm³/mol. The van der Waals surface area contributed by atoms with E-state index in [1.54, 1.807) is 0 Å². The second-order valence-electron chi connectivity index (χ2n) is 5.84. The highest BCUT2D eigenvalue weighted by molar-refractivity contribution is 5.92. The van der Waals surface area contributed by atoms with Crippen LogP contribution < -0.4 is 5.32 Å². The molecule has 1 atom stereocenters. The van der Waals surface area contributed by atoms with Gasteiger partial charge in [0.1, 0.15) is 11.3 Å². The number of nitrogens with one attached hydrogen (secondary N) is 1. The number of nitriles is 1. The molecule has 1 aromatic rings.